The molecule has 1 aromatic rings. The number of hydrogen-bond acceptors (Lipinski definition) is 5. The van der Waals surface area contributed by atoms with E-state index in [9.17, 15) is 4.79 Å². The Hall–Kier alpha value is -0.660. The lowest BCUT2D eigenvalue weighted by Crippen LogP contribution is -2.35. The Bertz CT molecular complexity index is 417. The Morgan fingerprint density at radius 3 is 2.74 bits per heavy atom. The molecule has 1 amide bonds. The number of thiazole rings is 1. The molecule has 0 spiro atoms. The van der Waals surface area contributed by atoms with Crippen molar-refractivity contribution in [3.63, 3.8) is 0 Å². The highest BCUT2D eigenvalue weighted by atomic mass is 79.9. The second kappa shape index (κ2) is 7.21. The van der Waals surface area contributed by atoms with Gasteiger partial charge in [0.1, 0.15) is 5.60 Å². The summed E-state index contributed by atoms with van der Waals surface area (Å²) in [6.07, 6.45) is 0.198. The van der Waals surface area contributed by atoms with Gasteiger partial charge in [-0.3, -0.25) is 0 Å². The molecule has 1 atom stereocenters. The standard InChI is InChI=1S/C12H19BrN2O3S/c1-12(2,3)18-11(16)15-8(5-6-17-4)9-7-19-10(13)14-9/h7-8H,5-6H2,1-4H3,(H,15,16). The van der Waals surface area contributed by atoms with Crippen LogP contribution < -0.4 is 5.32 Å². The number of carbonyl (C=O) groups excluding carboxylic acids is 1. The molecule has 0 radical (unpaired) electrons. The smallest absolute Gasteiger partial charge is 0.408 e. The van der Waals surface area contributed by atoms with Gasteiger partial charge in [-0.2, -0.15) is 0 Å². The molecule has 0 aliphatic rings. The van der Waals surface area contributed by atoms with Crippen molar-refractivity contribution in [2.24, 2.45) is 0 Å². The van der Waals surface area contributed by atoms with Crippen LogP contribution in [0.5, 0.6) is 0 Å². The fourth-order valence-corrected chi connectivity index (χ4v) is 2.48. The van der Waals surface area contributed by atoms with Crippen LogP contribution in [0.4, 0.5) is 4.79 Å². The summed E-state index contributed by atoms with van der Waals surface area (Å²) in [4.78, 5) is 16.1. The van der Waals surface area contributed by atoms with Crippen LogP contribution in [0, 0.1) is 0 Å². The van der Waals surface area contributed by atoms with Gasteiger partial charge in [0.05, 0.1) is 11.7 Å². The minimum atomic E-state index is -0.515. The molecule has 0 aliphatic carbocycles. The number of nitrogens with one attached hydrogen (secondary N) is 1. The van der Waals surface area contributed by atoms with Crippen LogP contribution in [0.15, 0.2) is 9.30 Å². The van der Waals surface area contributed by atoms with Crippen molar-refractivity contribution in [1.29, 1.82) is 0 Å². The Kier molecular flexibility index (Phi) is 6.22. The normalized spacial score (nSPS) is 13.1. The van der Waals surface area contributed by atoms with Crippen molar-refractivity contribution in [2.45, 2.75) is 38.8 Å². The third-order valence-corrected chi connectivity index (χ3v) is 3.54. The first-order valence-electron chi connectivity index (χ1n) is 5.91. The van der Waals surface area contributed by atoms with E-state index >= 15 is 0 Å². The maximum Gasteiger partial charge on any atom is 0.408 e. The van der Waals surface area contributed by atoms with Crippen LogP contribution in [-0.2, 0) is 9.47 Å². The lowest BCUT2D eigenvalue weighted by Gasteiger charge is -2.22. The van der Waals surface area contributed by atoms with E-state index < -0.39 is 11.7 Å². The summed E-state index contributed by atoms with van der Waals surface area (Å²) < 4.78 is 11.1. The molecule has 0 fully saturated rings. The Balaban J connectivity index is 2.67. The van der Waals surface area contributed by atoms with Gasteiger partial charge in [-0.15, -0.1) is 11.3 Å². The predicted octanol–water partition coefficient (Wildman–Crippen LogP) is 3.51. The largest absolute Gasteiger partial charge is 0.444 e. The second-order valence-corrected chi connectivity index (χ2v) is 7.14. The van der Waals surface area contributed by atoms with Crippen LogP contribution in [0.25, 0.3) is 0 Å². The molecule has 0 saturated heterocycles. The average molecular weight is 351 g/mol. The Morgan fingerprint density at radius 2 is 2.26 bits per heavy atom. The third-order valence-electron chi connectivity index (χ3n) is 2.15. The molecule has 1 heterocycles. The Morgan fingerprint density at radius 1 is 1.58 bits per heavy atom. The highest BCUT2D eigenvalue weighted by Crippen LogP contribution is 2.23. The number of aromatic nitrogens is 1. The van der Waals surface area contributed by atoms with Crippen LogP contribution >= 0.6 is 27.3 Å². The first kappa shape index (κ1) is 16.4. The van der Waals surface area contributed by atoms with Gasteiger partial charge in [0, 0.05) is 19.1 Å². The highest BCUT2D eigenvalue weighted by molar-refractivity contribution is 9.11. The molecule has 1 rings (SSSR count). The summed E-state index contributed by atoms with van der Waals surface area (Å²) in [5.74, 6) is 0. The molecule has 108 valence electrons. The van der Waals surface area contributed by atoms with Crippen LogP contribution in [0.2, 0.25) is 0 Å². The molecule has 0 bridgehead atoms. The molecule has 7 heteroatoms. The number of rotatable bonds is 5. The molecule has 19 heavy (non-hydrogen) atoms. The fraction of sp³-hybridized carbons (Fsp3) is 0.667. The van der Waals surface area contributed by atoms with Crippen molar-refractivity contribution < 1.29 is 14.3 Å². The first-order valence-corrected chi connectivity index (χ1v) is 7.58. The molecular weight excluding hydrogens is 332 g/mol. The number of alkyl carbamates (subject to hydrolysis) is 1. The molecule has 0 aromatic carbocycles. The van der Waals surface area contributed by atoms with Crippen LogP contribution in [0.1, 0.15) is 38.9 Å². The molecule has 0 saturated carbocycles. The zero-order valence-corrected chi connectivity index (χ0v) is 13.9. The number of amides is 1. The van der Waals surface area contributed by atoms with Crippen LogP contribution in [-0.4, -0.2) is 30.4 Å². The molecule has 5 nitrogen and oxygen atoms in total. The number of ether oxygens (including phenoxy) is 2. The van der Waals surface area contributed by atoms with Crippen molar-refractivity contribution >= 4 is 33.4 Å². The lowest BCUT2D eigenvalue weighted by molar-refractivity contribution is 0.0491. The van der Waals surface area contributed by atoms with E-state index in [1.54, 1.807) is 7.11 Å². The number of carbonyl (C=O) groups is 1. The maximum absolute atomic E-state index is 11.8. The van der Waals surface area contributed by atoms with E-state index in [2.05, 4.69) is 26.2 Å². The minimum Gasteiger partial charge on any atom is -0.444 e. The third kappa shape index (κ3) is 6.35. The molecule has 0 aliphatic heterocycles. The SMILES string of the molecule is COCCC(NC(=O)OC(C)(C)C)c1csc(Br)n1. The first-order chi connectivity index (χ1) is 8.81. The zero-order chi connectivity index (χ0) is 14.5. The lowest BCUT2D eigenvalue weighted by atomic mass is 10.1. The predicted molar refractivity (Wildman–Crippen MR) is 78.4 cm³/mol. The van der Waals surface area contributed by atoms with Gasteiger partial charge in [-0.25, -0.2) is 9.78 Å². The second-order valence-electron chi connectivity index (χ2n) is 5.01. The fourth-order valence-electron chi connectivity index (χ4n) is 1.40. The average Bonchev–Trinajstić information content (AvgIpc) is 2.68. The maximum atomic E-state index is 11.8. The highest BCUT2D eigenvalue weighted by Gasteiger charge is 2.21. The van der Waals surface area contributed by atoms with E-state index in [-0.39, 0.29) is 6.04 Å². The van der Waals surface area contributed by atoms with Gasteiger partial charge >= 0.3 is 6.09 Å². The van der Waals surface area contributed by atoms with Gasteiger partial charge in [0.25, 0.3) is 0 Å². The quantitative estimate of drug-likeness (QED) is 0.882. The van der Waals surface area contributed by atoms with Gasteiger partial charge in [-0.1, -0.05) is 0 Å². The summed E-state index contributed by atoms with van der Waals surface area (Å²) in [7, 11) is 1.63. The van der Waals surface area contributed by atoms with E-state index in [1.165, 1.54) is 11.3 Å². The van der Waals surface area contributed by atoms with E-state index in [4.69, 9.17) is 9.47 Å². The molecule has 1 aromatic heterocycles. The molecule has 1 N–H and O–H groups in total. The van der Waals surface area contributed by atoms with Gasteiger partial charge in [0.2, 0.25) is 0 Å². The van der Waals surface area contributed by atoms with E-state index in [0.29, 0.717) is 13.0 Å². The summed E-state index contributed by atoms with van der Waals surface area (Å²) in [5, 5.41) is 4.72. The summed E-state index contributed by atoms with van der Waals surface area (Å²) in [6, 6.07) is -0.211. The minimum absolute atomic E-state index is 0.211. The van der Waals surface area contributed by atoms with Crippen molar-refractivity contribution in [3.05, 3.63) is 15.0 Å². The van der Waals surface area contributed by atoms with Crippen molar-refractivity contribution in [3.8, 4) is 0 Å². The monoisotopic (exact) mass is 350 g/mol. The topological polar surface area (TPSA) is 60.5 Å². The zero-order valence-electron chi connectivity index (χ0n) is 11.5. The van der Waals surface area contributed by atoms with Crippen molar-refractivity contribution in [2.75, 3.05) is 13.7 Å². The molecular formula is C12H19BrN2O3S. The number of halogens is 1. The number of hydrogen-bond donors (Lipinski definition) is 1. The number of methoxy groups -OCH3 is 1. The van der Waals surface area contributed by atoms with Crippen molar-refractivity contribution in [1.82, 2.24) is 10.3 Å². The van der Waals surface area contributed by atoms with Crippen LogP contribution in [0.3, 0.4) is 0 Å². The Labute approximate surface area is 125 Å². The summed E-state index contributed by atoms with van der Waals surface area (Å²) in [5.41, 5.74) is 0.290. The summed E-state index contributed by atoms with van der Waals surface area (Å²) >= 11 is 4.79. The molecule has 1 unspecified atom stereocenters. The van der Waals surface area contributed by atoms with Gasteiger partial charge in [0.15, 0.2) is 3.92 Å². The van der Waals surface area contributed by atoms with E-state index in [1.807, 2.05) is 26.2 Å². The van der Waals surface area contributed by atoms with Gasteiger partial charge in [-0.05, 0) is 43.1 Å². The summed E-state index contributed by atoms with van der Waals surface area (Å²) in [6.45, 7) is 6.03. The van der Waals surface area contributed by atoms with E-state index in [0.717, 1.165) is 9.61 Å². The number of nitrogens with zero attached hydrogens (tertiary/aromatic N) is 1. The van der Waals surface area contributed by atoms with Gasteiger partial charge < -0.3 is 14.8 Å².